The van der Waals surface area contributed by atoms with E-state index in [1.54, 1.807) is 6.26 Å². The standard InChI is InChI=1S/C21H21F6N3O3S/c1-33-18(31)15(9-11-34-2)29-19(32)30-16(12-5-7-13(8-6-12)20(22,23)24)17-14(21(25,26)27)4-3-10-28-17/h3-8,10,15-16H,9,11H2,1-2H3,(H2,29,30,32). The highest BCUT2D eigenvalue weighted by molar-refractivity contribution is 7.98. The topological polar surface area (TPSA) is 80.3 Å². The van der Waals surface area contributed by atoms with Gasteiger partial charge in [-0.25, -0.2) is 9.59 Å². The van der Waals surface area contributed by atoms with Crippen LogP contribution >= 0.6 is 11.8 Å². The molecule has 2 N–H and O–H groups in total. The quantitative estimate of drug-likeness (QED) is 0.395. The van der Waals surface area contributed by atoms with Gasteiger partial charge in [0.1, 0.15) is 6.04 Å². The van der Waals surface area contributed by atoms with Gasteiger partial charge in [-0.15, -0.1) is 0 Å². The summed E-state index contributed by atoms with van der Waals surface area (Å²) in [5.41, 5.74) is -2.89. The summed E-state index contributed by atoms with van der Waals surface area (Å²) in [5.74, 6) is -0.287. The van der Waals surface area contributed by atoms with Crippen molar-refractivity contribution in [3.8, 4) is 0 Å². The Balaban J connectivity index is 2.44. The zero-order chi connectivity index (χ0) is 25.5. The molecule has 0 saturated heterocycles. The van der Waals surface area contributed by atoms with Crippen LogP contribution in [0.1, 0.15) is 34.8 Å². The molecule has 6 nitrogen and oxygen atoms in total. The maximum atomic E-state index is 13.6. The average molecular weight is 509 g/mol. The number of amides is 2. The number of carbonyl (C=O) groups is 2. The van der Waals surface area contributed by atoms with Crippen molar-refractivity contribution in [1.29, 1.82) is 0 Å². The van der Waals surface area contributed by atoms with Crippen molar-refractivity contribution < 1.29 is 40.7 Å². The van der Waals surface area contributed by atoms with E-state index in [4.69, 9.17) is 0 Å². The fourth-order valence-electron chi connectivity index (χ4n) is 3.02. The zero-order valence-corrected chi connectivity index (χ0v) is 18.8. The highest BCUT2D eigenvalue weighted by atomic mass is 32.2. The second-order valence-corrected chi connectivity index (χ2v) is 7.95. The molecule has 0 aliphatic carbocycles. The second kappa shape index (κ2) is 11.4. The maximum Gasteiger partial charge on any atom is 0.418 e. The zero-order valence-electron chi connectivity index (χ0n) is 18.0. The maximum absolute atomic E-state index is 13.6. The Hall–Kier alpha value is -2.96. The lowest BCUT2D eigenvalue weighted by Crippen LogP contribution is -2.48. The number of carbonyl (C=O) groups excluding carboxylic acids is 2. The number of urea groups is 1. The van der Waals surface area contributed by atoms with E-state index < -0.39 is 53.3 Å². The predicted molar refractivity (Wildman–Crippen MR) is 113 cm³/mol. The summed E-state index contributed by atoms with van der Waals surface area (Å²) in [5, 5.41) is 4.64. The molecule has 2 aromatic rings. The van der Waals surface area contributed by atoms with Gasteiger partial charge in [0.25, 0.3) is 0 Å². The predicted octanol–water partition coefficient (Wildman–Crippen LogP) is 4.80. The number of pyridine rings is 1. The van der Waals surface area contributed by atoms with E-state index in [1.165, 1.54) is 11.8 Å². The number of nitrogens with one attached hydrogen (secondary N) is 2. The monoisotopic (exact) mass is 509 g/mol. The molecule has 2 atom stereocenters. The molecule has 2 unspecified atom stereocenters. The van der Waals surface area contributed by atoms with E-state index >= 15 is 0 Å². The van der Waals surface area contributed by atoms with Gasteiger partial charge in [-0.05, 0) is 48.3 Å². The molecule has 0 saturated carbocycles. The lowest BCUT2D eigenvalue weighted by atomic mass is 9.98. The molecular formula is C21H21F6N3O3S. The van der Waals surface area contributed by atoms with Gasteiger partial charge in [0.2, 0.25) is 0 Å². The van der Waals surface area contributed by atoms with Crippen LogP contribution in [0, 0.1) is 0 Å². The first kappa shape index (κ1) is 27.3. The second-order valence-electron chi connectivity index (χ2n) is 6.96. The number of aromatic nitrogens is 1. The minimum atomic E-state index is -4.85. The van der Waals surface area contributed by atoms with Crippen molar-refractivity contribution in [1.82, 2.24) is 15.6 Å². The molecule has 13 heteroatoms. The molecule has 1 aromatic carbocycles. The van der Waals surface area contributed by atoms with Crippen LogP contribution in [0.3, 0.4) is 0 Å². The molecule has 0 aliphatic heterocycles. The third-order valence-electron chi connectivity index (χ3n) is 4.67. The van der Waals surface area contributed by atoms with Crippen LogP contribution in [-0.4, -0.2) is 42.1 Å². The van der Waals surface area contributed by atoms with Gasteiger partial charge in [-0.3, -0.25) is 4.98 Å². The van der Waals surface area contributed by atoms with Crippen LogP contribution < -0.4 is 10.6 Å². The van der Waals surface area contributed by atoms with Gasteiger partial charge in [0.05, 0.1) is 30.0 Å². The summed E-state index contributed by atoms with van der Waals surface area (Å²) in [7, 11) is 1.11. The summed E-state index contributed by atoms with van der Waals surface area (Å²) >= 11 is 1.39. The number of rotatable bonds is 8. The lowest BCUT2D eigenvalue weighted by Gasteiger charge is -2.24. The summed E-state index contributed by atoms with van der Waals surface area (Å²) in [6.45, 7) is 0. The molecule has 0 radical (unpaired) electrons. The van der Waals surface area contributed by atoms with Crippen molar-refractivity contribution in [3.05, 3.63) is 65.0 Å². The Morgan fingerprint density at radius 1 is 1.03 bits per heavy atom. The minimum absolute atomic E-state index is 0.0777. The summed E-state index contributed by atoms with van der Waals surface area (Å²) in [6.07, 6.45) is -6.49. The van der Waals surface area contributed by atoms with Gasteiger partial charge >= 0.3 is 24.4 Å². The van der Waals surface area contributed by atoms with Crippen molar-refractivity contribution in [3.63, 3.8) is 0 Å². The van der Waals surface area contributed by atoms with Crippen LogP contribution in [0.5, 0.6) is 0 Å². The van der Waals surface area contributed by atoms with Crippen molar-refractivity contribution in [2.24, 2.45) is 0 Å². The molecule has 2 amide bonds. The largest absolute Gasteiger partial charge is 0.467 e. The number of hydrogen-bond donors (Lipinski definition) is 2. The Kier molecular flexibility index (Phi) is 9.19. The molecule has 1 aromatic heterocycles. The van der Waals surface area contributed by atoms with Crippen LogP contribution in [0.25, 0.3) is 0 Å². The number of hydrogen-bond acceptors (Lipinski definition) is 5. The SMILES string of the molecule is COC(=O)C(CCSC)NC(=O)NC(c1ccc(C(F)(F)F)cc1)c1ncccc1C(F)(F)F. The first-order chi connectivity index (χ1) is 15.9. The summed E-state index contributed by atoms with van der Waals surface area (Å²) in [4.78, 5) is 28.4. The summed E-state index contributed by atoms with van der Waals surface area (Å²) < 4.78 is 84.3. The number of esters is 1. The fourth-order valence-corrected chi connectivity index (χ4v) is 3.49. The van der Waals surface area contributed by atoms with E-state index in [2.05, 4.69) is 20.4 Å². The summed E-state index contributed by atoms with van der Waals surface area (Å²) in [6, 6.07) is 1.39. The van der Waals surface area contributed by atoms with E-state index in [1.807, 2.05) is 0 Å². The van der Waals surface area contributed by atoms with Crippen molar-refractivity contribution in [2.75, 3.05) is 19.1 Å². The molecule has 0 fully saturated rings. The molecule has 2 rings (SSSR count). The van der Waals surface area contributed by atoms with Gasteiger partial charge in [0.15, 0.2) is 0 Å². The Morgan fingerprint density at radius 2 is 1.68 bits per heavy atom. The Labute approximate surface area is 195 Å². The van der Waals surface area contributed by atoms with Crippen molar-refractivity contribution in [2.45, 2.75) is 30.9 Å². The smallest absolute Gasteiger partial charge is 0.418 e. The molecule has 186 valence electrons. The fraction of sp³-hybridized carbons (Fsp3) is 0.381. The van der Waals surface area contributed by atoms with Crippen molar-refractivity contribution >= 4 is 23.8 Å². The van der Waals surface area contributed by atoms with Crippen LogP contribution in [-0.2, 0) is 21.9 Å². The highest BCUT2D eigenvalue weighted by Crippen LogP contribution is 2.36. The Morgan fingerprint density at radius 3 is 2.21 bits per heavy atom. The van der Waals surface area contributed by atoms with Gasteiger partial charge in [0, 0.05) is 6.20 Å². The van der Waals surface area contributed by atoms with E-state index in [-0.39, 0.29) is 12.0 Å². The van der Waals surface area contributed by atoms with Gasteiger partial charge < -0.3 is 15.4 Å². The lowest BCUT2D eigenvalue weighted by molar-refractivity contribution is -0.143. The van der Waals surface area contributed by atoms with Crippen LogP contribution in [0.2, 0.25) is 0 Å². The van der Waals surface area contributed by atoms with Crippen LogP contribution in [0.15, 0.2) is 42.6 Å². The van der Waals surface area contributed by atoms with Crippen LogP contribution in [0.4, 0.5) is 31.1 Å². The van der Waals surface area contributed by atoms with Gasteiger partial charge in [-0.2, -0.15) is 38.1 Å². The van der Waals surface area contributed by atoms with E-state index in [0.717, 1.165) is 37.6 Å². The number of benzene rings is 1. The Bertz CT molecular complexity index is 983. The molecule has 0 aliphatic rings. The number of halogens is 6. The average Bonchev–Trinajstić information content (AvgIpc) is 2.78. The highest BCUT2D eigenvalue weighted by Gasteiger charge is 2.37. The molecule has 0 bridgehead atoms. The molecule has 34 heavy (non-hydrogen) atoms. The van der Waals surface area contributed by atoms with E-state index in [9.17, 15) is 35.9 Å². The third kappa shape index (κ3) is 7.27. The number of alkyl halides is 6. The number of ether oxygens (including phenoxy) is 1. The number of nitrogens with zero attached hydrogens (tertiary/aromatic N) is 1. The molecule has 0 spiro atoms. The normalized spacial score (nSPS) is 13.6. The molecular weight excluding hydrogens is 488 g/mol. The van der Waals surface area contributed by atoms with E-state index in [0.29, 0.717) is 17.9 Å². The molecule has 1 heterocycles. The first-order valence-electron chi connectivity index (χ1n) is 9.71. The third-order valence-corrected chi connectivity index (χ3v) is 5.31. The van der Waals surface area contributed by atoms with Gasteiger partial charge in [-0.1, -0.05) is 12.1 Å². The number of methoxy groups -OCH3 is 1. The first-order valence-corrected chi connectivity index (χ1v) is 11.1. The minimum Gasteiger partial charge on any atom is -0.467 e. The number of thioether (sulfide) groups is 1.